The molecule has 0 spiro atoms. The Balaban J connectivity index is 1.78. The molecule has 0 aliphatic rings. The van der Waals surface area contributed by atoms with Gasteiger partial charge in [0.2, 0.25) is 0 Å². The first-order chi connectivity index (χ1) is 13.7. The number of hydrogen-bond donors (Lipinski definition) is 1. The van der Waals surface area contributed by atoms with E-state index in [1.807, 2.05) is 31.2 Å². The molecule has 5 nitrogen and oxygen atoms in total. The Kier molecular flexibility index (Phi) is 5.98. The largest absolute Gasteiger partial charge is 0.337 e. The lowest BCUT2D eigenvalue weighted by atomic mass is 10.1. The molecule has 1 N–H and O–H groups in total. The third kappa shape index (κ3) is 5.20. The molecule has 150 valence electrons. The number of nitrogens with one attached hydrogen (secondary N) is 1. The molecule has 29 heavy (non-hydrogen) atoms. The van der Waals surface area contributed by atoms with Crippen LogP contribution < -0.4 is 4.72 Å². The van der Waals surface area contributed by atoms with E-state index in [9.17, 15) is 17.6 Å². The molecule has 0 heterocycles. The van der Waals surface area contributed by atoms with Gasteiger partial charge in [-0.3, -0.25) is 9.52 Å². The summed E-state index contributed by atoms with van der Waals surface area (Å²) in [6.45, 7) is 2.39. The average Bonchev–Trinajstić information content (AvgIpc) is 2.69. The quantitative estimate of drug-likeness (QED) is 0.660. The van der Waals surface area contributed by atoms with E-state index < -0.39 is 15.8 Å². The summed E-state index contributed by atoms with van der Waals surface area (Å²) in [6, 6.07) is 18.7. The van der Waals surface area contributed by atoms with Crippen LogP contribution in [0.15, 0.2) is 77.7 Å². The lowest BCUT2D eigenvalue weighted by Crippen LogP contribution is -2.26. The summed E-state index contributed by atoms with van der Waals surface area (Å²) >= 11 is 0. The minimum Gasteiger partial charge on any atom is -0.337 e. The van der Waals surface area contributed by atoms with Crippen LogP contribution in [0.25, 0.3) is 0 Å². The standard InChI is InChI=1S/C22H21FN2O3S/c1-16-5-3-6-17(13-16)15-25(2)22(26)18-7-4-8-21(14-18)29(27,28)24-20-11-9-19(23)10-12-20/h3-14,24H,15H2,1-2H3. The number of sulfonamides is 1. The number of hydrogen-bond acceptors (Lipinski definition) is 3. The predicted octanol–water partition coefficient (Wildman–Crippen LogP) is 4.21. The van der Waals surface area contributed by atoms with Crippen LogP contribution in [0.4, 0.5) is 10.1 Å². The Morgan fingerprint density at radius 2 is 1.69 bits per heavy atom. The lowest BCUT2D eigenvalue weighted by molar-refractivity contribution is 0.0785. The smallest absolute Gasteiger partial charge is 0.261 e. The topological polar surface area (TPSA) is 66.5 Å². The van der Waals surface area contributed by atoms with Crippen molar-refractivity contribution in [3.8, 4) is 0 Å². The zero-order valence-electron chi connectivity index (χ0n) is 16.1. The summed E-state index contributed by atoms with van der Waals surface area (Å²) in [6.07, 6.45) is 0. The molecule has 0 atom stereocenters. The van der Waals surface area contributed by atoms with E-state index in [1.54, 1.807) is 13.1 Å². The lowest BCUT2D eigenvalue weighted by Gasteiger charge is -2.18. The SMILES string of the molecule is Cc1cccc(CN(C)C(=O)c2cccc(S(=O)(=O)Nc3ccc(F)cc3)c2)c1. The third-order valence-corrected chi connectivity index (χ3v) is 5.72. The van der Waals surface area contributed by atoms with Gasteiger partial charge < -0.3 is 4.90 Å². The van der Waals surface area contributed by atoms with E-state index in [4.69, 9.17) is 0 Å². The van der Waals surface area contributed by atoms with Gasteiger partial charge in [0, 0.05) is 24.8 Å². The van der Waals surface area contributed by atoms with Crippen LogP contribution in [-0.2, 0) is 16.6 Å². The number of aryl methyl sites for hydroxylation is 1. The van der Waals surface area contributed by atoms with Crippen molar-refractivity contribution >= 4 is 21.6 Å². The van der Waals surface area contributed by atoms with Crippen LogP contribution in [-0.4, -0.2) is 26.3 Å². The fraction of sp³-hybridized carbons (Fsp3) is 0.136. The summed E-state index contributed by atoms with van der Waals surface area (Å²) in [7, 11) is -2.25. The third-order valence-electron chi connectivity index (χ3n) is 4.34. The molecule has 0 fully saturated rings. The second-order valence-electron chi connectivity index (χ2n) is 6.79. The minimum absolute atomic E-state index is 0.0448. The van der Waals surface area contributed by atoms with Gasteiger partial charge >= 0.3 is 0 Å². The molecule has 0 bridgehead atoms. The molecule has 3 aromatic rings. The molecule has 0 aliphatic carbocycles. The van der Waals surface area contributed by atoms with Crippen LogP contribution in [0.1, 0.15) is 21.5 Å². The van der Waals surface area contributed by atoms with Crippen LogP contribution in [0, 0.1) is 12.7 Å². The van der Waals surface area contributed by atoms with Gasteiger partial charge in [0.25, 0.3) is 15.9 Å². The molecule has 0 saturated carbocycles. The summed E-state index contributed by atoms with van der Waals surface area (Å²) in [5, 5.41) is 0. The van der Waals surface area contributed by atoms with E-state index in [-0.39, 0.29) is 22.1 Å². The number of anilines is 1. The van der Waals surface area contributed by atoms with Crippen molar-refractivity contribution in [3.05, 3.63) is 95.3 Å². The van der Waals surface area contributed by atoms with Crippen LogP contribution >= 0.6 is 0 Å². The highest BCUT2D eigenvalue weighted by Gasteiger charge is 2.18. The summed E-state index contributed by atoms with van der Waals surface area (Å²) in [5.74, 6) is -0.748. The first kappa shape index (κ1) is 20.5. The molecular formula is C22H21FN2O3S. The highest BCUT2D eigenvalue weighted by Crippen LogP contribution is 2.19. The fourth-order valence-corrected chi connectivity index (χ4v) is 4.01. The van der Waals surface area contributed by atoms with E-state index in [0.29, 0.717) is 6.54 Å². The highest BCUT2D eigenvalue weighted by atomic mass is 32.2. The Bertz CT molecular complexity index is 1130. The van der Waals surface area contributed by atoms with E-state index in [1.165, 1.54) is 35.2 Å². The first-order valence-corrected chi connectivity index (χ1v) is 10.4. The maximum Gasteiger partial charge on any atom is 0.261 e. The fourth-order valence-electron chi connectivity index (χ4n) is 2.90. The number of benzene rings is 3. The summed E-state index contributed by atoms with van der Waals surface area (Å²) in [4.78, 5) is 14.3. The highest BCUT2D eigenvalue weighted by molar-refractivity contribution is 7.92. The molecular weight excluding hydrogens is 391 g/mol. The zero-order chi connectivity index (χ0) is 21.0. The maximum absolute atomic E-state index is 13.0. The van der Waals surface area contributed by atoms with Crippen LogP contribution in [0.2, 0.25) is 0 Å². The van der Waals surface area contributed by atoms with E-state index >= 15 is 0 Å². The maximum atomic E-state index is 13.0. The van der Waals surface area contributed by atoms with E-state index in [0.717, 1.165) is 23.3 Å². The monoisotopic (exact) mass is 412 g/mol. The van der Waals surface area contributed by atoms with Crippen molar-refractivity contribution in [1.29, 1.82) is 0 Å². The van der Waals surface area contributed by atoms with Crippen molar-refractivity contribution in [2.75, 3.05) is 11.8 Å². The number of rotatable bonds is 6. The Morgan fingerprint density at radius 3 is 2.38 bits per heavy atom. The number of halogens is 1. The van der Waals surface area contributed by atoms with Crippen molar-refractivity contribution in [2.45, 2.75) is 18.4 Å². The predicted molar refractivity (Wildman–Crippen MR) is 111 cm³/mol. The normalized spacial score (nSPS) is 11.1. The Labute approximate surface area is 169 Å². The van der Waals surface area contributed by atoms with Crippen LogP contribution in [0.3, 0.4) is 0 Å². The van der Waals surface area contributed by atoms with Gasteiger partial charge in [0.15, 0.2) is 0 Å². The molecule has 0 radical (unpaired) electrons. The van der Waals surface area contributed by atoms with Gasteiger partial charge in [0.1, 0.15) is 5.82 Å². The Hall–Kier alpha value is -3.19. The van der Waals surface area contributed by atoms with Gasteiger partial charge in [-0.2, -0.15) is 0 Å². The van der Waals surface area contributed by atoms with Crippen molar-refractivity contribution in [1.82, 2.24) is 4.90 Å². The molecule has 0 aromatic heterocycles. The molecule has 0 unspecified atom stereocenters. The van der Waals surface area contributed by atoms with Crippen molar-refractivity contribution in [3.63, 3.8) is 0 Å². The van der Waals surface area contributed by atoms with Gasteiger partial charge in [-0.1, -0.05) is 35.9 Å². The van der Waals surface area contributed by atoms with Crippen molar-refractivity contribution < 1.29 is 17.6 Å². The number of carbonyl (C=O) groups excluding carboxylic acids is 1. The minimum atomic E-state index is -3.92. The van der Waals surface area contributed by atoms with Gasteiger partial charge in [0.05, 0.1) is 4.90 Å². The zero-order valence-corrected chi connectivity index (χ0v) is 16.9. The van der Waals surface area contributed by atoms with Crippen molar-refractivity contribution in [2.24, 2.45) is 0 Å². The van der Waals surface area contributed by atoms with Gasteiger partial charge in [-0.15, -0.1) is 0 Å². The second-order valence-corrected chi connectivity index (χ2v) is 8.47. The molecule has 3 aromatic carbocycles. The average molecular weight is 412 g/mol. The summed E-state index contributed by atoms with van der Waals surface area (Å²) in [5.41, 5.74) is 2.59. The van der Waals surface area contributed by atoms with Crippen LogP contribution in [0.5, 0.6) is 0 Å². The first-order valence-electron chi connectivity index (χ1n) is 8.94. The Morgan fingerprint density at radius 1 is 1.00 bits per heavy atom. The number of carbonyl (C=O) groups is 1. The van der Waals surface area contributed by atoms with E-state index in [2.05, 4.69) is 4.72 Å². The molecule has 0 aliphatic heterocycles. The van der Waals surface area contributed by atoms with Gasteiger partial charge in [-0.25, -0.2) is 12.8 Å². The molecule has 7 heteroatoms. The van der Waals surface area contributed by atoms with Gasteiger partial charge in [-0.05, 0) is 55.0 Å². The molecule has 3 rings (SSSR count). The second kappa shape index (κ2) is 8.45. The molecule has 1 amide bonds. The number of nitrogens with zero attached hydrogens (tertiary/aromatic N) is 1. The summed E-state index contributed by atoms with van der Waals surface area (Å²) < 4.78 is 40.7. The number of amides is 1. The molecule has 0 saturated heterocycles.